The van der Waals surface area contributed by atoms with E-state index in [9.17, 15) is 0 Å². The van der Waals surface area contributed by atoms with Gasteiger partial charge in [-0.25, -0.2) is 0 Å². The van der Waals surface area contributed by atoms with E-state index in [4.69, 9.17) is 0 Å². The predicted molar refractivity (Wildman–Crippen MR) is 85.0 cm³/mol. The van der Waals surface area contributed by atoms with Gasteiger partial charge in [0.05, 0.1) is 0 Å². The number of nitrogens with one attached hydrogen (secondary N) is 1. The molecule has 1 heterocycles. The number of para-hydroxylation sites is 1. The Morgan fingerprint density at radius 1 is 1.26 bits per heavy atom. The largest absolute Gasteiger partial charge is 0.318 e. The molecule has 0 aliphatic heterocycles. The van der Waals surface area contributed by atoms with Crippen molar-refractivity contribution in [1.29, 1.82) is 0 Å². The summed E-state index contributed by atoms with van der Waals surface area (Å²) in [5.74, 6) is 0. The summed E-state index contributed by atoms with van der Waals surface area (Å²) < 4.78 is 3.27. The minimum absolute atomic E-state index is 0.787. The molecule has 2 nitrogen and oxygen atoms in total. The van der Waals surface area contributed by atoms with Gasteiger partial charge in [0, 0.05) is 34.6 Å². The number of hydrogen-bond donors (Lipinski definition) is 1. The summed E-state index contributed by atoms with van der Waals surface area (Å²) >= 11 is 3.36. The number of nitrogens with zero attached hydrogens (tertiary/aromatic N) is 1. The number of rotatable bonds is 5. The molecule has 0 aliphatic carbocycles. The highest BCUT2D eigenvalue weighted by molar-refractivity contribution is 9.11. The smallest absolute Gasteiger partial charge is 0.0455 e. The van der Waals surface area contributed by atoms with Gasteiger partial charge in [0.25, 0.3) is 0 Å². The average molecular weight is 319 g/mol. The fourth-order valence-corrected chi connectivity index (χ4v) is 2.51. The fourth-order valence-electron chi connectivity index (χ4n) is 2.32. The van der Waals surface area contributed by atoms with Gasteiger partial charge in [0.15, 0.2) is 0 Å². The first-order valence-electron chi connectivity index (χ1n) is 6.37. The summed E-state index contributed by atoms with van der Waals surface area (Å²) in [4.78, 5) is 0. The van der Waals surface area contributed by atoms with Crippen LogP contribution in [-0.2, 0) is 6.54 Å². The van der Waals surface area contributed by atoms with Gasteiger partial charge in [-0.15, -0.1) is 0 Å². The van der Waals surface area contributed by atoms with E-state index in [0.29, 0.717) is 0 Å². The van der Waals surface area contributed by atoms with Gasteiger partial charge in [-0.3, -0.25) is 0 Å². The molecule has 0 saturated carbocycles. The quantitative estimate of drug-likeness (QED) is 0.878. The van der Waals surface area contributed by atoms with Crippen LogP contribution in [0, 0.1) is 13.8 Å². The lowest BCUT2D eigenvalue weighted by molar-refractivity contribution is 0.750. The highest BCUT2D eigenvalue weighted by atomic mass is 79.9. The molecule has 1 aromatic heterocycles. The maximum absolute atomic E-state index is 3.83. The van der Waals surface area contributed by atoms with Crippen LogP contribution in [0.1, 0.15) is 17.0 Å². The highest BCUT2D eigenvalue weighted by Gasteiger charge is 2.09. The molecule has 2 aromatic rings. The van der Waals surface area contributed by atoms with E-state index in [-0.39, 0.29) is 0 Å². The Hall–Kier alpha value is -1.32. The normalized spacial score (nSPS) is 10.7. The zero-order valence-electron chi connectivity index (χ0n) is 11.4. The summed E-state index contributed by atoms with van der Waals surface area (Å²) in [7, 11) is 0. The Balaban J connectivity index is 2.23. The van der Waals surface area contributed by atoms with Crippen LogP contribution < -0.4 is 5.32 Å². The van der Waals surface area contributed by atoms with Crippen LogP contribution in [-0.4, -0.2) is 11.1 Å². The molecule has 100 valence electrons. The van der Waals surface area contributed by atoms with E-state index < -0.39 is 0 Å². The molecule has 0 unspecified atom stereocenters. The maximum Gasteiger partial charge on any atom is 0.0455 e. The monoisotopic (exact) mass is 318 g/mol. The molecular formula is C16H19BrN2. The van der Waals surface area contributed by atoms with Crippen molar-refractivity contribution in [3.8, 4) is 5.69 Å². The molecule has 1 aromatic carbocycles. The Morgan fingerprint density at radius 2 is 1.95 bits per heavy atom. The minimum atomic E-state index is 0.787. The second-order valence-electron chi connectivity index (χ2n) is 4.69. The van der Waals surface area contributed by atoms with Gasteiger partial charge >= 0.3 is 0 Å². The van der Waals surface area contributed by atoms with Crippen LogP contribution in [0.2, 0.25) is 0 Å². The molecule has 0 fully saturated rings. The number of aryl methyl sites for hydroxylation is 1. The fraction of sp³-hybridized carbons (Fsp3) is 0.250. The summed E-state index contributed by atoms with van der Waals surface area (Å²) in [6.07, 6.45) is 0. The van der Waals surface area contributed by atoms with Crippen molar-refractivity contribution in [1.82, 2.24) is 9.88 Å². The molecule has 0 bridgehead atoms. The van der Waals surface area contributed by atoms with Crippen molar-refractivity contribution in [3.63, 3.8) is 0 Å². The third-order valence-corrected chi connectivity index (χ3v) is 3.46. The summed E-state index contributed by atoms with van der Waals surface area (Å²) in [5.41, 5.74) is 5.10. The molecule has 0 radical (unpaired) electrons. The van der Waals surface area contributed by atoms with Crippen molar-refractivity contribution in [2.45, 2.75) is 20.4 Å². The number of halogens is 1. The van der Waals surface area contributed by atoms with Gasteiger partial charge in [0.2, 0.25) is 0 Å². The first-order valence-corrected chi connectivity index (χ1v) is 7.16. The molecule has 2 rings (SSSR count). The molecule has 0 spiro atoms. The van der Waals surface area contributed by atoms with Crippen molar-refractivity contribution < 1.29 is 0 Å². The van der Waals surface area contributed by atoms with Crippen molar-refractivity contribution in [2.75, 3.05) is 6.54 Å². The van der Waals surface area contributed by atoms with Crippen molar-refractivity contribution in [3.05, 3.63) is 64.4 Å². The summed E-state index contributed by atoms with van der Waals surface area (Å²) in [5, 5.41) is 3.37. The van der Waals surface area contributed by atoms with E-state index in [2.05, 4.69) is 76.6 Å². The highest BCUT2D eigenvalue weighted by Crippen LogP contribution is 2.20. The van der Waals surface area contributed by atoms with Crippen molar-refractivity contribution >= 4 is 15.9 Å². The van der Waals surface area contributed by atoms with Gasteiger partial charge in [-0.1, -0.05) is 40.7 Å². The molecule has 0 saturated heterocycles. The Labute approximate surface area is 123 Å². The molecule has 0 aliphatic rings. The van der Waals surface area contributed by atoms with Gasteiger partial charge in [0.1, 0.15) is 0 Å². The standard InChI is InChI=1S/C16H19BrN2/c1-12(17)10-18-11-15-9-13(2)19(14(15)3)16-7-5-4-6-8-16/h4-9,18H,1,10-11H2,2-3H3. The Kier molecular flexibility index (Phi) is 4.61. The van der Waals surface area contributed by atoms with E-state index in [1.54, 1.807) is 0 Å². The van der Waals surface area contributed by atoms with Gasteiger partial charge in [-0.05, 0) is 37.6 Å². The van der Waals surface area contributed by atoms with Crippen LogP contribution in [0.3, 0.4) is 0 Å². The number of hydrogen-bond acceptors (Lipinski definition) is 1. The van der Waals surface area contributed by atoms with Gasteiger partial charge in [-0.2, -0.15) is 0 Å². The SMILES string of the molecule is C=C(Br)CNCc1cc(C)n(-c2ccccc2)c1C. The van der Waals surface area contributed by atoms with E-state index >= 15 is 0 Å². The molecular weight excluding hydrogens is 300 g/mol. The van der Waals surface area contributed by atoms with Crippen LogP contribution >= 0.6 is 15.9 Å². The number of benzene rings is 1. The first kappa shape index (κ1) is 14.1. The van der Waals surface area contributed by atoms with E-state index in [1.165, 1.54) is 22.6 Å². The molecule has 3 heteroatoms. The Bertz CT molecular complexity index is 570. The number of aromatic nitrogens is 1. The van der Waals surface area contributed by atoms with E-state index in [0.717, 1.165) is 17.6 Å². The van der Waals surface area contributed by atoms with Crippen LogP contribution in [0.4, 0.5) is 0 Å². The van der Waals surface area contributed by atoms with Crippen LogP contribution in [0.5, 0.6) is 0 Å². The van der Waals surface area contributed by atoms with E-state index in [1.807, 2.05) is 6.07 Å². The third-order valence-electron chi connectivity index (χ3n) is 3.18. The lowest BCUT2D eigenvalue weighted by Crippen LogP contribution is -2.14. The second-order valence-corrected chi connectivity index (χ2v) is 5.81. The zero-order chi connectivity index (χ0) is 13.8. The molecule has 0 atom stereocenters. The predicted octanol–water partition coefficient (Wildman–Crippen LogP) is 4.09. The second kappa shape index (κ2) is 6.22. The summed E-state index contributed by atoms with van der Waals surface area (Å²) in [6, 6.07) is 12.7. The Morgan fingerprint density at radius 3 is 2.58 bits per heavy atom. The van der Waals surface area contributed by atoms with Crippen LogP contribution in [0.25, 0.3) is 5.69 Å². The van der Waals surface area contributed by atoms with Crippen molar-refractivity contribution in [2.24, 2.45) is 0 Å². The maximum atomic E-state index is 3.83. The first-order chi connectivity index (χ1) is 9.09. The van der Waals surface area contributed by atoms with Gasteiger partial charge < -0.3 is 9.88 Å². The average Bonchev–Trinajstić information content (AvgIpc) is 2.65. The molecule has 1 N–H and O–H groups in total. The minimum Gasteiger partial charge on any atom is -0.318 e. The lowest BCUT2D eigenvalue weighted by atomic mass is 10.2. The zero-order valence-corrected chi connectivity index (χ0v) is 13.0. The molecule has 19 heavy (non-hydrogen) atoms. The molecule has 0 amide bonds. The lowest BCUT2D eigenvalue weighted by Gasteiger charge is -2.10. The van der Waals surface area contributed by atoms with Crippen LogP contribution in [0.15, 0.2) is 47.5 Å². The summed E-state index contributed by atoms with van der Waals surface area (Å²) in [6.45, 7) is 9.79. The third kappa shape index (κ3) is 3.37. The topological polar surface area (TPSA) is 17.0 Å².